The van der Waals surface area contributed by atoms with E-state index >= 15 is 0 Å². The van der Waals surface area contributed by atoms with Crippen LogP contribution in [0.4, 0.5) is 8.78 Å². The second kappa shape index (κ2) is 10.8. The third-order valence-electron chi connectivity index (χ3n) is 5.29. The Balaban J connectivity index is 1.69. The molecule has 33 heavy (non-hydrogen) atoms. The summed E-state index contributed by atoms with van der Waals surface area (Å²) in [6.07, 6.45) is 0.875. The first-order valence-corrected chi connectivity index (χ1v) is 11.0. The molecule has 0 saturated heterocycles. The van der Waals surface area contributed by atoms with Crippen molar-refractivity contribution >= 4 is 5.78 Å². The second-order valence-corrected chi connectivity index (χ2v) is 9.08. The number of halogens is 2. The zero-order valence-electron chi connectivity index (χ0n) is 19.3. The minimum Gasteiger partial charge on any atom is -0.394 e. The molecule has 0 saturated carbocycles. The highest BCUT2D eigenvalue weighted by Gasteiger charge is 2.21. The zero-order chi connectivity index (χ0) is 24.0. The lowest BCUT2D eigenvalue weighted by molar-refractivity contribution is -0.118. The summed E-state index contributed by atoms with van der Waals surface area (Å²) in [7, 11) is 0. The van der Waals surface area contributed by atoms with Crippen molar-refractivity contribution in [2.45, 2.75) is 52.1 Å². The van der Waals surface area contributed by atoms with Crippen LogP contribution in [0.5, 0.6) is 0 Å². The average molecular weight is 457 g/mol. The molecule has 0 aliphatic rings. The molecular weight excluding hydrogens is 426 g/mol. The number of ketones is 1. The van der Waals surface area contributed by atoms with Crippen molar-refractivity contribution in [1.29, 1.82) is 0 Å². The van der Waals surface area contributed by atoms with E-state index in [4.69, 9.17) is 14.9 Å². The molecule has 0 bridgehead atoms. The molecule has 3 aromatic rings. The van der Waals surface area contributed by atoms with Gasteiger partial charge in [0.05, 0.1) is 31.2 Å². The minimum atomic E-state index is -0.428. The van der Waals surface area contributed by atoms with Gasteiger partial charge in [0.15, 0.2) is 0 Å². The fourth-order valence-electron chi connectivity index (χ4n) is 3.42. The Hall–Kier alpha value is -2.90. The predicted molar refractivity (Wildman–Crippen MR) is 122 cm³/mol. The summed E-state index contributed by atoms with van der Waals surface area (Å²) in [5.74, 6) is -0.762. The third-order valence-corrected chi connectivity index (χ3v) is 5.29. The maximum atomic E-state index is 14.3. The van der Waals surface area contributed by atoms with Crippen molar-refractivity contribution in [3.63, 3.8) is 0 Å². The van der Waals surface area contributed by atoms with Crippen molar-refractivity contribution in [1.82, 2.24) is 9.78 Å². The van der Waals surface area contributed by atoms with Gasteiger partial charge < -0.3 is 9.84 Å². The van der Waals surface area contributed by atoms with Gasteiger partial charge >= 0.3 is 0 Å². The number of rotatable bonds is 10. The Kier molecular flexibility index (Phi) is 8.10. The van der Waals surface area contributed by atoms with E-state index in [2.05, 4.69) is 20.8 Å². The summed E-state index contributed by atoms with van der Waals surface area (Å²) >= 11 is 0. The lowest BCUT2D eigenvalue weighted by Gasteiger charge is -2.14. The van der Waals surface area contributed by atoms with Crippen LogP contribution in [0, 0.1) is 11.6 Å². The molecule has 7 heteroatoms. The third kappa shape index (κ3) is 6.79. The highest BCUT2D eigenvalue weighted by molar-refractivity contribution is 5.81. The number of nitrogens with zero attached hydrogens (tertiary/aromatic N) is 2. The maximum Gasteiger partial charge on any atom is 0.137 e. The number of benzene rings is 2. The zero-order valence-corrected chi connectivity index (χ0v) is 19.3. The van der Waals surface area contributed by atoms with Crippen LogP contribution in [0.15, 0.2) is 48.5 Å². The lowest BCUT2D eigenvalue weighted by Crippen LogP contribution is -2.12. The fraction of sp³-hybridized carbons (Fsp3) is 0.385. The quantitative estimate of drug-likeness (QED) is 0.449. The Bertz CT molecular complexity index is 1090. The van der Waals surface area contributed by atoms with Crippen LogP contribution in [0.2, 0.25) is 0 Å². The molecule has 2 aromatic carbocycles. The predicted octanol–water partition coefficient (Wildman–Crippen LogP) is 4.70. The summed E-state index contributed by atoms with van der Waals surface area (Å²) in [5.41, 5.74) is 3.29. The number of ether oxygens (including phenoxy) is 1. The summed E-state index contributed by atoms with van der Waals surface area (Å²) in [4.78, 5) is 12.6. The Morgan fingerprint density at radius 1 is 1.09 bits per heavy atom. The molecule has 3 rings (SSSR count). The van der Waals surface area contributed by atoms with Crippen LogP contribution in [0.25, 0.3) is 5.69 Å². The van der Waals surface area contributed by atoms with Crippen LogP contribution in [-0.2, 0) is 34.4 Å². The standard InChI is InChI=1S/C26H30F2N2O3/c1-26(2,3)25-16-22(30(29-25)21-8-6-20(27)7-9-21)10-11-23(32)14-18-4-5-19(24(28)15-18)17-33-13-12-31/h4-9,15-16,31H,10-14,17H2,1-3H3. The van der Waals surface area contributed by atoms with Crippen molar-refractivity contribution in [2.24, 2.45) is 0 Å². The van der Waals surface area contributed by atoms with Crippen molar-refractivity contribution in [3.8, 4) is 5.69 Å². The van der Waals surface area contributed by atoms with Gasteiger partial charge in [-0.2, -0.15) is 5.10 Å². The van der Waals surface area contributed by atoms with Gasteiger partial charge in [0.2, 0.25) is 0 Å². The van der Waals surface area contributed by atoms with E-state index in [1.807, 2.05) is 6.07 Å². The topological polar surface area (TPSA) is 64.3 Å². The number of aryl methyl sites for hydroxylation is 1. The average Bonchev–Trinajstić information content (AvgIpc) is 3.19. The fourth-order valence-corrected chi connectivity index (χ4v) is 3.42. The summed E-state index contributed by atoms with van der Waals surface area (Å²) in [6.45, 7) is 6.28. The molecule has 1 aromatic heterocycles. The Morgan fingerprint density at radius 2 is 1.82 bits per heavy atom. The number of carbonyl (C=O) groups excluding carboxylic acids is 1. The molecule has 0 unspecified atom stereocenters. The number of aliphatic hydroxyl groups is 1. The molecular formula is C26H30F2N2O3. The smallest absolute Gasteiger partial charge is 0.137 e. The lowest BCUT2D eigenvalue weighted by atomic mass is 9.92. The van der Waals surface area contributed by atoms with Gasteiger partial charge in [-0.15, -0.1) is 0 Å². The highest BCUT2D eigenvalue weighted by atomic mass is 19.1. The SMILES string of the molecule is CC(C)(C)c1cc(CCC(=O)Cc2ccc(COCCO)c(F)c2)n(-c2ccc(F)cc2)n1. The van der Waals surface area contributed by atoms with E-state index in [-0.39, 0.29) is 49.7 Å². The first-order chi connectivity index (χ1) is 15.7. The van der Waals surface area contributed by atoms with E-state index in [0.717, 1.165) is 17.1 Å². The first kappa shape index (κ1) is 24.7. The Labute approximate surface area is 193 Å². The molecule has 0 aliphatic carbocycles. The molecule has 1 N–H and O–H groups in total. The molecule has 0 radical (unpaired) electrons. The van der Waals surface area contributed by atoms with Crippen molar-refractivity contribution in [3.05, 3.63) is 82.7 Å². The molecule has 0 fully saturated rings. The van der Waals surface area contributed by atoms with Gasteiger partial charge in [-0.25, -0.2) is 13.5 Å². The van der Waals surface area contributed by atoms with Crippen LogP contribution in [0.3, 0.4) is 0 Å². The van der Waals surface area contributed by atoms with Crippen LogP contribution in [-0.4, -0.2) is 33.9 Å². The van der Waals surface area contributed by atoms with Gasteiger partial charge in [0.1, 0.15) is 17.4 Å². The molecule has 5 nitrogen and oxygen atoms in total. The molecule has 176 valence electrons. The molecule has 1 heterocycles. The first-order valence-electron chi connectivity index (χ1n) is 11.0. The monoisotopic (exact) mass is 456 g/mol. The number of carbonyl (C=O) groups is 1. The molecule has 0 spiro atoms. The highest BCUT2D eigenvalue weighted by Crippen LogP contribution is 2.25. The maximum absolute atomic E-state index is 14.3. The minimum absolute atomic E-state index is 0.0113. The second-order valence-electron chi connectivity index (χ2n) is 9.08. The molecule has 0 amide bonds. The number of hydrogen-bond donors (Lipinski definition) is 1. The van der Waals surface area contributed by atoms with Gasteiger partial charge in [-0.3, -0.25) is 4.79 Å². The largest absolute Gasteiger partial charge is 0.394 e. The van der Waals surface area contributed by atoms with Crippen molar-refractivity contribution in [2.75, 3.05) is 13.2 Å². The molecule has 0 aliphatic heterocycles. The Morgan fingerprint density at radius 3 is 2.45 bits per heavy atom. The number of aliphatic hydroxyl groups excluding tert-OH is 1. The number of Topliss-reactive ketones (excluding diaryl/α,β-unsaturated/α-hetero) is 1. The van der Waals surface area contributed by atoms with Crippen molar-refractivity contribution < 1.29 is 23.4 Å². The van der Waals surface area contributed by atoms with Gasteiger partial charge in [-0.1, -0.05) is 32.9 Å². The number of hydrogen-bond acceptors (Lipinski definition) is 4. The van der Waals surface area contributed by atoms with Gasteiger partial charge in [-0.05, 0) is 48.4 Å². The normalized spacial score (nSPS) is 11.7. The van der Waals surface area contributed by atoms with E-state index < -0.39 is 5.82 Å². The van der Waals surface area contributed by atoms with Gasteiger partial charge in [0.25, 0.3) is 0 Å². The van der Waals surface area contributed by atoms with E-state index in [9.17, 15) is 13.6 Å². The summed E-state index contributed by atoms with van der Waals surface area (Å²) in [6, 6.07) is 12.8. The summed E-state index contributed by atoms with van der Waals surface area (Å²) < 4.78 is 34.6. The van der Waals surface area contributed by atoms with Crippen LogP contribution >= 0.6 is 0 Å². The molecule has 0 atom stereocenters. The van der Waals surface area contributed by atoms with E-state index in [1.165, 1.54) is 18.2 Å². The van der Waals surface area contributed by atoms with E-state index in [0.29, 0.717) is 17.5 Å². The summed E-state index contributed by atoms with van der Waals surface area (Å²) in [5, 5.41) is 13.4. The number of aromatic nitrogens is 2. The van der Waals surface area contributed by atoms with Gasteiger partial charge in [0, 0.05) is 29.5 Å². The van der Waals surface area contributed by atoms with Crippen LogP contribution in [0.1, 0.15) is 49.7 Å². The van der Waals surface area contributed by atoms with E-state index in [1.54, 1.807) is 28.9 Å². The van der Waals surface area contributed by atoms with Crippen LogP contribution < -0.4 is 0 Å².